The molecule has 3 nitrogen and oxygen atoms in total. The van der Waals surface area contributed by atoms with Gasteiger partial charge in [0, 0.05) is 26.2 Å². The first kappa shape index (κ1) is 10.1. The minimum absolute atomic E-state index is 0.914. The molecule has 2 aliphatic heterocycles. The third kappa shape index (κ3) is 3.08. The Labute approximate surface area is 86.1 Å². The van der Waals surface area contributed by atoms with E-state index < -0.39 is 0 Å². The number of nitrogens with zero attached hydrogens (tertiary/aromatic N) is 1. The first-order valence-electron chi connectivity index (χ1n) is 5.64. The Balaban J connectivity index is 1.67. The molecule has 0 aromatic carbocycles. The van der Waals surface area contributed by atoms with Gasteiger partial charge in [-0.3, -0.25) is 4.90 Å². The van der Waals surface area contributed by atoms with Crippen molar-refractivity contribution >= 4 is 0 Å². The zero-order valence-corrected chi connectivity index (χ0v) is 8.80. The van der Waals surface area contributed by atoms with E-state index in [0.29, 0.717) is 0 Å². The Morgan fingerprint density at radius 3 is 2.93 bits per heavy atom. The second-order valence-corrected chi connectivity index (χ2v) is 4.03. The van der Waals surface area contributed by atoms with Crippen molar-refractivity contribution < 1.29 is 4.74 Å². The van der Waals surface area contributed by atoms with Crippen LogP contribution in [0.5, 0.6) is 0 Å². The van der Waals surface area contributed by atoms with Crippen LogP contribution in [-0.2, 0) is 4.74 Å². The van der Waals surface area contributed by atoms with Crippen molar-refractivity contribution in [2.45, 2.75) is 12.8 Å². The highest BCUT2D eigenvalue weighted by molar-refractivity contribution is 5.07. The van der Waals surface area contributed by atoms with Crippen LogP contribution >= 0.6 is 0 Å². The van der Waals surface area contributed by atoms with Gasteiger partial charge in [-0.1, -0.05) is 11.6 Å². The van der Waals surface area contributed by atoms with Crippen LogP contribution in [0.25, 0.3) is 0 Å². The molecule has 0 bridgehead atoms. The van der Waals surface area contributed by atoms with Crippen LogP contribution in [0.2, 0.25) is 0 Å². The highest BCUT2D eigenvalue weighted by Gasteiger charge is 2.11. The fourth-order valence-corrected chi connectivity index (χ4v) is 2.02. The topological polar surface area (TPSA) is 24.5 Å². The molecule has 0 atom stereocenters. The molecule has 0 saturated carbocycles. The molecule has 1 saturated heterocycles. The fourth-order valence-electron chi connectivity index (χ4n) is 2.02. The Hall–Kier alpha value is -0.380. The lowest BCUT2D eigenvalue weighted by molar-refractivity contribution is 0.0383. The molecule has 0 aromatic rings. The molecule has 1 fully saturated rings. The monoisotopic (exact) mass is 196 g/mol. The maximum atomic E-state index is 5.32. The third-order valence-corrected chi connectivity index (χ3v) is 2.96. The predicted octanol–water partition coefficient (Wildman–Crippen LogP) is 0.628. The second kappa shape index (κ2) is 5.49. The average molecular weight is 196 g/mol. The van der Waals surface area contributed by atoms with E-state index in [1.807, 2.05) is 0 Å². The quantitative estimate of drug-likeness (QED) is 0.670. The largest absolute Gasteiger partial charge is 0.379 e. The van der Waals surface area contributed by atoms with E-state index in [0.717, 1.165) is 39.4 Å². The summed E-state index contributed by atoms with van der Waals surface area (Å²) in [5.41, 5.74) is 1.59. The molecular weight excluding hydrogens is 176 g/mol. The van der Waals surface area contributed by atoms with Gasteiger partial charge in [0.2, 0.25) is 0 Å². The summed E-state index contributed by atoms with van der Waals surface area (Å²) in [4.78, 5) is 2.50. The maximum absolute atomic E-state index is 5.32. The number of hydrogen-bond donors (Lipinski definition) is 1. The summed E-state index contributed by atoms with van der Waals surface area (Å²) < 4.78 is 5.32. The molecule has 2 aliphatic rings. The summed E-state index contributed by atoms with van der Waals surface area (Å²) >= 11 is 0. The van der Waals surface area contributed by atoms with E-state index in [2.05, 4.69) is 16.3 Å². The zero-order valence-electron chi connectivity index (χ0n) is 8.80. The Kier molecular flexibility index (Phi) is 3.98. The maximum Gasteiger partial charge on any atom is 0.0594 e. The van der Waals surface area contributed by atoms with E-state index in [-0.39, 0.29) is 0 Å². The van der Waals surface area contributed by atoms with Gasteiger partial charge in [0.1, 0.15) is 0 Å². The van der Waals surface area contributed by atoms with Gasteiger partial charge in [-0.2, -0.15) is 0 Å². The van der Waals surface area contributed by atoms with Gasteiger partial charge >= 0.3 is 0 Å². The minimum atomic E-state index is 0.914. The number of nitrogens with one attached hydrogen (secondary N) is 1. The van der Waals surface area contributed by atoms with Gasteiger partial charge in [-0.05, 0) is 19.4 Å². The SMILES string of the molecule is C1=C(CCN2CCOCC2)CNCC1. The van der Waals surface area contributed by atoms with Gasteiger partial charge in [0.25, 0.3) is 0 Å². The lowest BCUT2D eigenvalue weighted by Gasteiger charge is -2.27. The van der Waals surface area contributed by atoms with Gasteiger partial charge in [0.05, 0.1) is 13.2 Å². The van der Waals surface area contributed by atoms with Crippen molar-refractivity contribution in [3.63, 3.8) is 0 Å². The predicted molar refractivity (Wildman–Crippen MR) is 57.4 cm³/mol. The first-order valence-corrected chi connectivity index (χ1v) is 5.64. The molecule has 0 unspecified atom stereocenters. The van der Waals surface area contributed by atoms with Crippen LogP contribution in [-0.4, -0.2) is 50.8 Å². The lowest BCUT2D eigenvalue weighted by atomic mass is 10.1. The zero-order chi connectivity index (χ0) is 9.64. The molecule has 2 rings (SSSR count). The van der Waals surface area contributed by atoms with Gasteiger partial charge in [0.15, 0.2) is 0 Å². The molecule has 0 amide bonds. The highest BCUT2D eigenvalue weighted by Crippen LogP contribution is 2.08. The Morgan fingerprint density at radius 2 is 2.21 bits per heavy atom. The molecular formula is C11H20N2O. The summed E-state index contributed by atoms with van der Waals surface area (Å²) in [5, 5.41) is 3.41. The van der Waals surface area contributed by atoms with E-state index in [1.54, 1.807) is 5.57 Å². The molecule has 80 valence electrons. The summed E-state index contributed by atoms with van der Waals surface area (Å²) in [6, 6.07) is 0. The van der Waals surface area contributed by atoms with Crippen LogP contribution in [0.15, 0.2) is 11.6 Å². The van der Waals surface area contributed by atoms with Crippen LogP contribution in [0, 0.1) is 0 Å². The van der Waals surface area contributed by atoms with Gasteiger partial charge in [-0.15, -0.1) is 0 Å². The smallest absolute Gasteiger partial charge is 0.0594 e. The molecule has 0 aliphatic carbocycles. The average Bonchev–Trinajstić information content (AvgIpc) is 2.29. The van der Waals surface area contributed by atoms with Crippen molar-refractivity contribution in [3.8, 4) is 0 Å². The van der Waals surface area contributed by atoms with Crippen LogP contribution in [0.3, 0.4) is 0 Å². The second-order valence-electron chi connectivity index (χ2n) is 4.03. The first-order chi connectivity index (χ1) is 6.95. The number of morpholine rings is 1. The number of ether oxygens (including phenoxy) is 1. The van der Waals surface area contributed by atoms with Crippen molar-refractivity contribution in [1.82, 2.24) is 10.2 Å². The van der Waals surface area contributed by atoms with E-state index >= 15 is 0 Å². The van der Waals surface area contributed by atoms with E-state index in [1.165, 1.54) is 19.4 Å². The molecule has 14 heavy (non-hydrogen) atoms. The van der Waals surface area contributed by atoms with Gasteiger partial charge in [-0.25, -0.2) is 0 Å². The van der Waals surface area contributed by atoms with E-state index in [9.17, 15) is 0 Å². The third-order valence-electron chi connectivity index (χ3n) is 2.96. The summed E-state index contributed by atoms with van der Waals surface area (Å²) in [6.07, 6.45) is 4.84. The van der Waals surface area contributed by atoms with Crippen LogP contribution in [0.4, 0.5) is 0 Å². The Bertz CT molecular complexity index is 197. The van der Waals surface area contributed by atoms with Gasteiger partial charge < -0.3 is 10.1 Å². The Morgan fingerprint density at radius 1 is 1.36 bits per heavy atom. The number of hydrogen-bond acceptors (Lipinski definition) is 3. The standard InChI is InChI=1S/C11H20N2O/c1-2-11(10-12-4-1)3-5-13-6-8-14-9-7-13/h2,12H,1,3-10H2. The van der Waals surface area contributed by atoms with Crippen molar-refractivity contribution in [2.24, 2.45) is 0 Å². The van der Waals surface area contributed by atoms with Crippen molar-refractivity contribution in [3.05, 3.63) is 11.6 Å². The highest BCUT2D eigenvalue weighted by atomic mass is 16.5. The van der Waals surface area contributed by atoms with Crippen molar-refractivity contribution in [1.29, 1.82) is 0 Å². The normalized spacial score (nSPS) is 24.7. The lowest BCUT2D eigenvalue weighted by Crippen LogP contribution is -2.37. The summed E-state index contributed by atoms with van der Waals surface area (Å²) in [6.45, 7) is 7.51. The summed E-state index contributed by atoms with van der Waals surface area (Å²) in [5.74, 6) is 0. The molecule has 3 heteroatoms. The molecule has 0 spiro atoms. The fraction of sp³-hybridized carbons (Fsp3) is 0.818. The molecule has 0 radical (unpaired) electrons. The van der Waals surface area contributed by atoms with E-state index in [4.69, 9.17) is 4.74 Å². The van der Waals surface area contributed by atoms with Crippen LogP contribution in [0.1, 0.15) is 12.8 Å². The number of rotatable bonds is 3. The molecule has 1 N–H and O–H groups in total. The van der Waals surface area contributed by atoms with Crippen LogP contribution < -0.4 is 5.32 Å². The minimum Gasteiger partial charge on any atom is -0.379 e. The molecule has 2 heterocycles. The summed E-state index contributed by atoms with van der Waals surface area (Å²) in [7, 11) is 0. The van der Waals surface area contributed by atoms with Crippen molar-refractivity contribution in [2.75, 3.05) is 45.9 Å². The molecule has 0 aromatic heterocycles.